The number of hydrogen-bond donors (Lipinski definition) is 1. The Bertz CT molecular complexity index is 1080. The van der Waals surface area contributed by atoms with E-state index in [4.69, 9.17) is 16.0 Å². The van der Waals surface area contributed by atoms with Gasteiger partial charge in [0.15, 0.2) is 0 Å². The van der Waals surface area contributed by atoms with E-state index < -0.39 is 5.91 Å². The Kier molecular flexibility index (Phi) is 5.80. The van der Waals surface area contributed by atoms with E-state index in [1.165, 1.54) is 6.08 Å². The molecule has 4 nitrogen and oxygen atoms in total. The number of furan rings is 1. The monoisotopic (exact) mass is 440 g/mol. The molecule has 3 aromatic rings. The molecule has 3 rings (SSSR count). The lowest BCUT2D eigenvalue weighted by atomic mass is 10.2. The summed E-state index contributed by atoms with van der Waals surface area (Å²) in [6.07, 6.45) is 1.41. The maximum Gasteiger partial charge on any atom is 0.266 e. The average molecular weight is 442 g/mol. The molecule has 1 amide bonds. The summed E-state index contributed by atoms with van der Waals surface area (Å²) in [5, 5.41) is 12.6. The molecule has 0 aliphatic carbocycles. The van der Waals surface area contributed by atoms with Gasteiger partial charge in [-0.15, -0.1) is 0 Å². The molecule has 0 fully saturated rings. The number of nitrogens with one attached hydrogen (secondary N) is 1. The van der Waals surface area contributed by atoms with E-state index in [0.717, 1.165) is 15.6 Å². The number of anilines is 1. The molecular formula is C21H14BrClN2O2. The molecule has 1 aromatic heterocycles. The van der Waals surface area contributed by atoms with Crippen molar-refractivity contribution >= 4 is 45.2 Å². The quantitative estimate of drug-likeness (QED) is 0.386. The van der Waals surface area contributed by atoms with E-state index in [9.17, 15) is 10.1 Å². The first-order valence-corrected chi connectivity index (χ1v) is 9.18. The molecule has 134 valence electrons. The van der Waals surface area contributed by atoms with Gasteiger partial charge >= 0.3 is 0 Å². The number of nitriles is 1. The SMILES string of the molecule is Cc1cccc(NC(=O)/C(C#N)=C\c2ccc(-c3ccc(Br)c(Cl)c3)o2)c1. The minimum Gasteiger partial charge on any atom is -0.457 e. The van der Waals surface area contributed by atoms with Crippen LogP contribution in [0.5, 0.6) is 0 Å². The van der Waals surface area contributed by atoms with Crippen LogP contribution in [-0.4, -0.2) is 5.91 Å². The second-order valence-corrected chi connectivity index (χ2v) is 7.09. The normalized spacial score (nSPS) is 11.1. The van der Waals surface area contributed by atoms with Crippen molar-refractivity contribution in [2.45, 2.75) is 6.92 Å². The Hall–Kier alpha value is -2.81. The number of amides is 1. The standard InChI is InChI=1S/C21H14BrClN2O2/c1-13-3-2-4-16(9-13)25-21(26)15(12-24)10-17-6-8-20(27-17)14-5-7-18(22)19(23)11-14/h2-11H,1H3,(H,25,26)/b15-10-. The Morgan fingerprint density at radius 2 is 2.04 bits per heavy atom. The molecule has 0 saturated heterocycles. The van der Waals surface area contributed by atoms with Gasteiger partial charge in [0, 0.05) is 21.8 Å². The lowest BCUT2D eigenvalue weighted by molar-refractivity contribution is -0.112. The molecule has 0 aliphatic heterocycles. The maximum absolute atomic E-state index is 12.4. The third-order valence-electron chi connectivity index (χ3n) is 3.76. The Balaban J connectivity index is 1.82. The highest BCUT2D eigenvalue weighted by Crippen LogP contribution is 2.30. The number of benzene rings is 2. The van der Waals surface area contributed by atoms with Crippen molar-refractivity contribution in [1.29, 1.82) is 5.26 Å². The van der Waals surface area contributed by atoms with E-state index in [1.807, 2.05) is 43.3 Å². The fraction of sp³-hybridized carbons (Fsp3) is 0.0476. The first-order valence-electron chi connectivity index (χ1n) is 8.01. The summed E-state index contributed by atoms with van der Waals surface area (Å²) in [7, 11) is 0. The van der Waals surface area contributed by atoms with Crippen molar-refractivity contribution in [2.75, 3.05) is 5.32 Å². The first-order chi connectivity index (χ1) is 13.0. The molecule has 0 bridgehead atoms. The summed E-state index contributed by atoms with van der Waals surface area (Å²) in [6, 6.07) is 18.2. The van der Waals surface area contributed by atoms with Gasteiger partial charge in [-0.25, -0.2) is 0 Å². The Morgan fingerprint density at radius 3 is 2.74 bits per heavy atom. The van der Waals surface area contributed by atoms with Crippen molar-refractivity contribution in [3.8, 4) is 17.4 Å². The van der Waals surface area contributed by atoms with Gasteiger partial charge in [-0.2, -0.15) is 5.26 Å². The smallest absolute Gasteiger partial charge is 0.266 e. The average Bonchev–Trinajstić information content (AvgIpc) is 3.10. The Morgan fingerprint density at radius 1 is 1.22 bits per heavy atom. The second-order valence-electron chi connectivity index (χ2n) is 5.82. The van der Waals surface area contributed by atoms with Gasteiger partial charge in [-0.3, -0.25) is 4.79 Å². The number of rotatable bonds is 4. The summed E-state index contributed by atoms with van der Waals surface area (Å²) in [5.41, 5.74) is 2.39. The number of aryl methyl sites for hydroxylation is 1. The van der Waals surface area contributed by atoms with E-state index in [-0.39, 0.29) is 5.57 Å². The van der Waals surface area contributed by atoms with E-state index >= 15 is 0 Å². The largest absolute Gasteiger partial charge is 0.457 e. The van der Waals surface area contributed by atoms with E-state index in [1.54, 1.807) is 24.3 Å². The van der Waals surface area contributed by atoms with Crippen LogP contribution in [0.15, 0.2) is 69.1 Å². The van der Waals surface area contributed by atoms with Crippen LogP contribution in [0.25, 0.3) is 17.4 Å². The maximum atomic E-state index is 12.4. The molecule has 1 heterocycles. The second kappa shape index (κ2) is 8.26. The zero-order chi connectivity index (χ0) is 19.4. The summed E-state index contributed by atoms with van der Waals surface area (Å²) in [6.45, 7) is 1.93. The minimum absolute atomic E-state index is 0.0498. The number of carbonyl (C=O) groups is 1. The summed E-state index contributed by atoms with van der Waals surface area (Å²) >= 11 is 9.45. The van der Waals surface area contributed by atoms with Crippen molar-refractivity contribution in [2.24, 2.45) is 0 Å². The van der Waals surface area contributed by atoms with Crippen molar-refractivity contribution < 1.29 is 9.21 Å². The minimum atomic E-state index is -0.493. The molecule has 27 heavy (non-hydrogen) atoms. The molecule has 1 N–H and O–H groups in total. The zero-order valence-corrected chi connectivity index (χ0v) is 16.6. The molecular weight excluding hydrogens is 428 g/mol. The van der Waals surface area contributed by atoms with Crippen LogP contribution in [0.1, 0.15) is 11.3 Å². The predicted octanol–water partition coefficient (Wildman–Crippen LogP) is 6.22. The third kappa shape index (κ3) is 4.68. The topological polar surface area (TPSA) is 66.0 Å². The fourth-order valence-corrected chi connectivity index (χ4v) is 2.87. The van der Waals surface area contributed by atoms with Crippen molar-refractivity contribution in [3.63, 3.8) is 0 Å². The van der Waals surface area contributed by atoms with Crippen LogP contribution in [-0.2, 0) is 4.79 Å². The lowest BCUT2D eigenvalue weighted by Crippen LogP contribution is -2.13. The number of carbonyl (C=O) groups excluding carboxylic acids is 1. The molecule has 0 spiro atoms. The van der Waals surface area contributed by atoms with Gasteiger partial charge in [0.05, 0.1) is 5.02 Å². The number of hydrogen-bond acceptors (Lipinski definition) is 3. The van der Waals surface area contributed by atoms with Gasteiger partial charge in [0.2, 0.25) is 0 Å². The van der Waals surface area contributed by atoms with Gasteiger partial charge in [-0.1, -0.05) is 29.8 Å². The van der Waals surface area contributed by atoms with Gasteiger partial charge in [-0.05, 0) is 64.8 Å². The van der Waals surface area contributed by atoms with Crippen molar-refractivity contribution in [1.82, 2.24) is 0 Å². The molecule has 0 saturated carbocycles. The lowest BCUT2D eigenvalue weighted by Gasteiger charge is -2.04. The van der Waals surface area contributed by atoms with Crippen LogP contribution >= 0.6 is 27.5 Å². The molecule has 6 heteroatoms. The van der Waals surface area contributed by atoms with Gasteiger partial charge in [0.25, 0.3) is 5.91 Å². The van der Waals surface area contributed by atoms with Gasteiger partial charge < -0.3 is 9.73 Å². The summed E-state index contributed by atoms with van der Waals surface area (Å²) in [5.74, 6) is 0.500. The number of halogens is 2. The predicted molar refractivity (Wildman–Crippen MR) is 110 cm³/mol. The van der Waals surface area contributed by atoms with Gasteiger partial charge in [0.1, 0.15) is 23.2 Å². The summed E-state index contributed by atoms with van der Waals surface area (Å²) < 4.78 is 6.53. The molecule has 0 aliphatic rings. The molecule has 0 unspecified atom stereocenters. The highest BCUT2D eigenvalue weighted by atomic mass is 79.9. The van der Waals surface area contributed by atoms with E-state index in [0.29, 0.717) is 22.2 Å². The van der Waals surface area contributed by atoms with Crippen molar-refractivity contribution in [3.05, 3.63) is 81.0 Å². The van der Waals surface area contributed by atoms with Crippen LogP contribution in [0.4, 0.5) is 5.69 Å². The molecule has 0 atom stereocenters. The molecule has 0 radical (unpaired) electrons. The van der Waals surface area contributed by atoms with E-state index in [2.05, 4.69) is 21.2 Å². The van der Waals surface area contributed by atoms with Crippen LogP contribution < -0.4 is 5.32 Å². The highest BCUT2D eigenvalue weighted by Gasteiger charge is 2.12. The third-order valence-corrected chi connectivity index (χ3v) is 4.99. The van der Waals surface area contributed by atoms with Crippen LogP contribution in [0.2, 0.25) is 5.02 Å². The number of nitrogens with zero attached hydrogens (tertiary/aromatic N) is 1. The molecule has 2 aromatic carbocycles. The summed E-state index contributed by atoms with van der Waals surface area (Å²) in [4.78, 5) is 12.4. The first kappa shape index (κ1) is 19.0. The fourth-order valence-electron chi connectivity index (χ4n) is 2.45. The van der Waals surface area contributed by atoms with Crippen LogP contribution in [0, 0.1) is 18.3 Å². The highest BCUT2D eigenvalue weighted by molar-refractivity contribution is 9.10. The zero-order valence-electron chi connectivity index (χ0n) is 14.3. The Labute approximate surface area is 170 Å². The van der Waals surface area contributed by atoms with Crippen LogP contribution in [0.3, 0.4) is 0 Å².